The third kappa shape index (κ3) is 10.00. The lowest BCUT2D eigenvalue weighted by molar-refractivity contribution is 0.0945. The number of pyridine rings is 1. The predicted octanol–water partition coefficient (Wildman–Crippen LogP) is 7.96. The Balaban J connectivity index is 1.45. The molecule has 2 rings (SSSR count). The zero-order chi connectivity index (χ0) is 21.3. The number of hydrogen-bond acceptors (Lipinski definition) is 4. The van der Waals surface area contributed by atoms with Crippen LogP contribution in [0.1, 0.15) is 108 Å². The number of ketones is 1. The van der Waals surface area contributed by atoms with E-state index in [2.05, 4.69) is 29.0 Å². The Hall–Kier alpha value is -2.23. The summed E-state index contributed by atoms with van der Waals surface area (Å²) in [6, 6.07) is 3.71. The van der Waals surface area contributed by atoms with Crippen molar-refractivity contribution in [3.63, 3.8) is 0 Å². The van der Waals surface area contributed by atoms with Crippen LogP contribution in [0.25, 0.3) is 11.3 Å². The van der Waals surface area contributed by atoms with Gasteiger partial charge in [-0.1, -0.05) is 70.4 Å². The average Bonchev–Trinajstić information content (AvgIpc) is 3.27. The van der Waals surface area contributed by atoms with E-state index in [1.807, 2.05) is 12.1 Å². The standard InChI is InChI=1S/C26H38N2O2/c1-2-3-4-5-6-7-8-9-10-11-12-13-14-15-16-17-25(29)26-28-24(22-30-26)23-18-20-27-21-19-23/h9-10,18-22H,2-8,11-17H2,1H3/b10-9-. The second-order valence-electron chi connectivity index (χ2n) is 8.03. The minimum Gasteiger partial charge on any atom is -0.442 e. The van der Waals surface area contributed by atoms with E-state index in [9.17, 15) is 4.79 Å². The number of nitrogens with zero attached hydrogens (tertiary/aromatic N) is 2. The van der Waals surface area contributed by atoms with E-state index in [-0.39, 0.29) is 11.7 Å². The topological polar surface area (TPSA) is 56.0 Å². The van der Waals surface area contributed by atoms with Gasteiger partial charge in [0, 0.05) is 24.4 Å². The molecule has 0 unspecified atom stereocenters. The van der Waals surface area contributed by atoms with Crippen molar-refractivity contribution in [1.82, 2.24) is 9.97 Å². The molecular weight excluding hydrogens is 372 g/mol. The van der Waals surface area contributed by atoms with Crippen LogP contribution in [0.2, 0.25) is 0 Å². The molecule has 164 valence electrons. The van der Waals surface area contributed by atoms with Crippen LogP contribution in [0.15, 0.2) is 47.4 Å². The summed E-state index contributed by atoms with van der Waals surface area (Å²) < 4.78 is 5.37. The highest BCUT2D eigenvalue weighted by Crippen LogP contribution is 2.19. The molecule has 0 aromatic carbocycles. The summed E-state index contributed by atoms with van der Waals surface area (Å²) in [6.45, 7) is 2.26. The van der Waals surface area contributed by atoms with E-state index < -0.39 is 0 Å². The van der Waals surface area contributed by atoms with Gasteiger partial charge >= 0.3 is 0 Å². The number of carbonyl (C=O) groups excluding carboxylic acids is 1. The largest absolute Gasteiger partial charge is 0.442 e. The number of unbranched alkanes of at least 4 members (excludes halogenated alkanes) is 11. The second kappa shape index (κ2) is 15.6. The molecule has 30 heavy (non-hydrogen) atoms. The summed E-state index contributed by atoms with van der Waals surface area (Å²) in [5.41, 5.74) is 1.60. The van der Waals surface area contributed by atoms with Crippen LogP contribution in [0.4, 0.5) is 0 Å². The average molecular weight is 411 g/mol. The quantitative estimate of drug-likeness (QED) is 0.151. The molecule has 0 atom stereocenters. The molecule has 0 N–H and O–H groups in total. The van der Waals surface area contributed by atoms with Crippen molar-refractivity contribution in [2.45, 2.75) is 96.8 Å². The van der Waals surface area contributed by atoms with E-state index in [4.69, 9.17) is 4.42 Å². The van der Waals surface area contributed by atoms with Gasteiger partial charge < -0.3 is 4.42 Å². The maximum Gasteiger partial charge on any atom is 0.263 e. The Bertz CT molecular complexity index is 722. The van der Waals surface area contributed by atoms with Crippen LogP contribution in [0.5, 0.6) is 0 Å². The highest BCUT2D eigenvalue weighted by Gasteiger charge is 2.13. The molecule has 4 heteroatoms. The molecular formula is C26H38N2O2. The molecule has 2 aromatic rings. The number of aromatic nitrogens is 2. The number of rotatable bonds is 17. The third-order valence-corrected chi connectivity index (χ3v) is 5.38. The van der Waals surface area contributed by atoms with Gasteiger partial charge in [0.2, 0.25) is 5.78 Å². The third-order valence-electron chi connectivity index (χ3n) is 5.38. The number of hydrogen-bond donors (Lipinski definition) is 0. The van der Waals surface area contributed by atoms with E-state index in [0.29, 0.717) is 12.1 Å². The van der Waals surface area contributed by atoms with Crippen molar-refractivity contribution >= 4 is 5.78 Å². The SMILES string of the molecule is CCCCCCCC/C=C\CCCCCCCC(=O)c1nc(-c2ccncc2)co1. The molecule has 4 nitrogen and oxygen atoms in total. The van der Waals surface area contributed by atoms with Gasteiger partial charge in [-0.15, -0.1) is 0 Å². The van der Waals surface area contributed by atoms with Gasteiger partial charge in [-0.25, -0.2) is 4.98 Å². The highest BCUT2D eigenvalue weighted by atomic mass is 16.3. The molecule has 0 aliphatic carbocycles. The van der Waals surface area contributed by atoms with E-state index in [0.717, 1.165) is 18.4 Å². The Kier molecular flexibility index (Phi) is 12.5. The molecule has 0 saturated heterocycles. The zero-order valence-electron chi connectivity index (χ0n) is 18.7. The minimum absolute atomic E-state index is 0.00654. The lowest BCUT2D eigenvalue weighted by Crippen LogP contribution is -1.99. The monoisotopic (exact) mass is 410 g/mol. The van der Waals surface area contributed by atoms with Gasteiger partial charge in [0.15, 0.2) is 0 Å². The van der Waals surface area contributed by atoms with Crippen molar-refractivity contribution < 1.29 is 9.21 Å². The first-order chi connectivity index (χ1) is 14.8. The van der Waals surface area contributed by atoms with Crippen molar-refractivity contribution in [2.24, 2.45) is 0 Å². The van der Waals surface area contributed by atoms with Crippen LogP contribution in [0.3, 0.4) is 0 Å². The summed E-state index contributed by atoms with van der Waals surface area (Å²) in [5.74, 6) is 0.213. The lowest BCUT2D eigenvalue weighted by Gasteiger charge is -2.00. The molecule has 0 radical (unpaired) electrons. The minimum atomic E-state index is -0.00654. The van der Waals surface area contributed by atoms with E-state index >= 15 is 0 Å². The lowest BCUT2D eigenvalue weighted by atomic mass is 10.1. The molecule has 0 spiro atoms. The first kappa shape index (κ1) is 24.0. The molecule has 0 aliphatic rings. The number of carbonyl (C=O) groups is 1. The second-order valence-corrected chi connectivity index (χ2v) is 8.03. The molecule has 2 aromatic heterocycles. The van der Waals surface area contributed by atoms with Crippen LogP contribution >= 0.6 is 0 Å². The van der Waals surface area contributed by atoms with Crippen LogP contribution in [0, 0.1) is 0 Å². The molecule has 0 fully saturated rings. The zero-order valence-corrected chi connectivity index (χ0v) is 18.7. The van der Waals surface area contributed by atoms with Crippen LogP contribution < -0.4 is 0 Å². The summed E-state index contributed by atoms with van der Waals surface area (Å²) in [6.07, 6.45) is 26.5. The van der Waals surface area contributed by atoms with Gasteiger partial charge in [0.25, 0.3) is 5.89 Å². The van der Waals surface area contributed by atoms with Gasteiger partial charge in [0.1, 0.15) is 12.0 Å². The predicted molar refractivity (Wildman–Crippen MR) is 124 cm³/mol. The summed E-state index contributed by atoms with van der Waals surface area (Å²) in [5, 5.41) is 0. The fraction of sp³-hybridized carbons (Fsp3) is 0.577. The highest BCUT2D eigenvalue weighted by molar-refractivity contribution is 5.92. The Labute approximate surface area is 182 Å². The fourth-order valence-corrected chi connectivity index (χ4v) is 3.52. The first-order valence-electron chi connectivity index (χ1n) is 11.9. The molecule has 2 heterocycles. The van der Waals surface area contributed by atoms with Crippen molar-refractivity contribution in [2.75, 3.05) is 0 Å². The van der Waals surface area contributed by atoms with Gasteiger partial charge in [-0.2, -0.15) is 0 Å². The number of oxazole rings is 1. The van der Waals surface area contributed by atoms with Crippen LogP contribution in [-0.2, 0) is 0 Å². The van der Waals surface area contributed by atoms with Gasteiger partial charge in [-0.3, -0.25) is 9.78 Å². The molecule has 0 bridgehead atoms. The number of allylic oxidation sites excluding steroid dienone is 2. The van der Waals surface area contributed by atoms with Crippen LogP contribution in [-0.4, -0.2) is 15.8 Å². The van der Waals surface area contributed by atoms with E-state index in [1.165, 1.54) is 70.6 Å². The molecule has 0 aliphatic heterocycles. The Morgan fingerprint density at radius 2 is 1.47 bits per heavy atom. The summed E-state index contributed by atoms with van der Waals surface area (Å²) in [7, 11) is 0. The van der Waals surface area contributed by atoms with Gasteiger partial charge in [0.05, 0.1) is 0 Å². The maximum atomic E-state index is 12.2. The van der Waals surface area contributed by atoms with Crippen molar-refractivity contribution in [3.8, 4) is 11.3 Å². The fourth-order valence-electron chi connectivity index (χ4n) is 3.52. The summed E-state index contributed by atoms with van der Waals surface area (Å²) >= 11 is 0. The normalized spacial score (nSPS) is 11.4. The van der Waals surface area contributed by atoms with Gasteiger partial charge in [-0.05, 0) is 44.2 Å². The maximum absolute atomic E-state index is 12.2. The smallest absolute Gasteiger partial charge is 0.263 e. The van der Waals surface area contributed by atoms with Crippen molar-refractivity contribution in [3.05, 3.63) is 48.8 Å². The van der Waals surface area contributed by atoms with Crippen molar-refractivity contribution in [1.29, 1.82) is 0 Å². The molecule has 0 saturated carbocycles. The van der Waals surface area contributed by atoms with E-state index in [1.54, 1.807) is 18.7 Å². The summed E-state index contributed by atoms with van der Waals surface area (Å²) in [4.78, 5) is 20.6. The number of Topliss-reactive ketones (excluding diaryl/α,β-unsaturated/α-hetero) is 1. The molecule has 0 amide bonds. The Morgan fingerprint density at radius 3 is 2.13 bits per heavy atom. The first-order valence-corrected chi connectivity index (χ1v) is 11.9. The Morgan fingerprint density at radius 1 is 0.867 bits per heavy atom.